The van der Waals surface area contributed by atoms with Gasteiger partial charge in [-0.2, -0.15) is 0 Å². The van der Waals surface area contributed by atoms with E-state index in [2.05, 4.69) is 38.1 Å². The van der Waals surface area contributed by atoms with Crippen molar-refractivity contribution in [2.24, 2.45) is 0 Å². The third-order valence-corrected chi connectivity index (χ3v) is 3.77. The van der Waals surface area contributed by atoms with Crippen LogP contribution in [0.4, 0.5) is 0 Å². The molecular formula is C18H21ClO2. The van der Waals surface area contributed by atoms with Gasteiger partial charge in [0.05, 0.1) is 11.1 Å². The normalized spacial score (nSPS) is 12.5. The van der Waals surface area contributed by atoms with Crippen LogP contribution in [0.15, 0.2) is 42.5 Å². The fraction of sp³-hybridized carbons (Fsp3) is 0.333. The first-order chi connectivity index (χ1) is 9.97. The highest BCUT2D eigenvalue weighted by Gasteiger charge is 2.07. The Morgan fingerprint density at radius 1 is 1.00 bits per heavy atom. The first-order valence-electron chi connectivity index (χ1n) is 7.16. The topological polar surface area (TPSA) is 29.5 Å². The second kappa shape index (κ2) is 6.97. The zero-order valence-corrected chi connectivity index (χ0v) is 13.4. The van der Waals surface area contributed by atoms with Crippen LogP contribution in [0.3, 0.4) is 0 Å². The van der Waals surface area contributed by atoms with E-state index in [1.165, 1.54) is 5.56 Å². The minimum atomic E-state index is -0.528. The Morgan fingerprint density at radius 3 is 2.14 bits per heavy atom. The molecule has 0 aliphatic rings. The monoisotopic (exact) mass is 304 g/mol. The molecule has 112 valence electrons. The average molecular weight is 305 g/mol. The summed E-state index contributed by atoms with van der Waals surface area (Å²) in [6.07, 6.45) is -0.528. The van der Waals surface area contributed by atoms with E-state index in [1.807, 2.05) is 6.07 Å². The van der Waals surface area contributed by atoms with Gasteiger partial charge < -0.3 is 9.84 Å². The Kier molecular flexibility index (Phi) is 5.27. The number of ether oxygens (including phenoxy) is 1. The molecule has 0 radical (unpaired) electrons. The number of aliphatic hydroxyl groups is 1. The van der Waals surface area contributed by atoms with Gasteiger partial charge >= 0.3 is 0 Å². The molecule has 0 amide bonds. The fourth-order valence-electron chi connectivity index (χ4n) is 2.05. The summed E-state index contributed by atoms with van der Waals surface area (Å²) in [6, 6.07) is 13.8. The van der Waals surface area contributed by atoms with Gasteiger partial charge in [-0.25, -0.2) is 0 Å². The van der Waals surface area contributed by atoms with Gasteiger partial charge in [0.2, 0.25) is 0 Å². The largest absolute Gasteiger partial charge is 0.487 e. The number of halogens is 1. The van der Waals surface area contributed by atoms with Crippen LogP contribution in [0.25, 0.3) is 0 Å². The molecule has 0 aliphatic carbocycles. The molecule has 0 saturated heterocycles. The van der Waals surface area contributed by atoms with E-state index in [1.54, 1.807) is 19.1 Å². The van der Waals surface area contributed by atoms with Crippen molar-refractivity contribution in [2.45, 2.75) is 39.4 Å². The molecule has 0 spiro atoms. The number of hydrogen-bond acceptors (Lipinski definition) is 2. The molecule has 2 rings (SSSR count). The van der Waals surface area contributed by atoms with Crippen LogP contribution in [0.2, 0.25) is 5.02 Å². The lowest BCUT2D eigenvalue weighted by atomic mass is 10.0. The highest BCUT2D eigenvalue weighted by molar-refractivity contribution is 6.32. The van der Waals surface area contributed by atoms with Gasteiger partial charge in [-0.3, -0.25) is 0 Å². The maximum atomic E-state index is 9.52. The highest BCUT2D eigenvalue weighted by atomic mass is 35.5. The summed E-state index contributed by atoms with van der Waals surface area (Å²) < 4.78 is 5.74. The molecule has 0 aliphatic heterocycles. The minimum Gasteiger partial charge on any atom is -0.487 e. The molecule has 2 nitrogen and oxygen atoms in total. The molecule has 0 unspecified atom stereocenters. The number of aliphatic hydroxyl groups excluding tert-OH is 1. The fourth-order valence-corrected chi connectivity index (χ4v) is 2.30. The predicted octanol–water partition coefficient (Wildman–Crippen LogP) is 5.10. The summed E-state index contributed by atoms with van der Waals surface area (Å²) in [5.74, 6) is 1.16. The molecule has 0 heterocycles. The van der Waals surface area contributed by atoms with E-state index in [0.717, 1.165) is 11.1 Å². The maximum absolute atomic E-state index is 9.52. The standard InChI is InChI=1S/C18H21ClO2/c1-12(2)15-6-4-14(5-7-15)11-21-18-9-8-16(13(3)20)10-17(18)19/h4-10,12-13,20H,11H2,1-3H3/t13-/m0/s1. The summed E-state index contributed by atoms with van der Waals surface area (Å²) in [5, 5.41) is 10.0. The van der Waals surface area contributed by atoms with E-state index in [0.29, 0.717) is 23.3 Å². The van der Waals surface area contributed by atoms with Gasteiger partial charge in [0, 0.05) is 0 Å². The maximum Gasteiger partial charge on any atom is 0.138 e. The first kappa shape index (κ1) is 15.9. The van der Waals surface area contributed by atoms with E-state index in [4.69, 9.17) is 16.3 Å². The van der Waals surface area contributed by atoms with Gasteiger partial charge in [0.1, 0.15) is 12.4 Å². The van der Waals surface area contributed by atoms with Gasteiger partial charge in [-0.05, 0) is 41.7 Å². The lowest BCUT2D eigenvalue weighted by Crippen LogP contribution is -1.98. The quantitative estimate of drug-likeness (QED) is 0.833. The average Bonchev–Trinajstić information content (AvgIpc) is 2.46. The van der Waals surface area contributed by atoms with E-state index in [9.17, 15) is 5.11 Å². The number of rotatable bonds is 5. The number of hydrogen-bond donors (Lipinski definition) is 1. The number of benzene rings is 2. The molecule has 1 atom stereocenters. The van der Waals surface area contributed by atoms with Crippen molar-refractivity contribution in [1.82, 2.24) is 0 Å². The summed E-state index contributed by atoms with van der Waals surface area (Å²) in [7, 11) is 0. The van der Waals surface area contributed by atoms with Crippen molar-refractivity contribution in [3.8, 4) is 5.75 Å². The summed E-state index contributed by atoms with van der Waals surface area (Å²) in [6.45, 7) is 6.54. The van der Waals surface area contributed by atoms with Crippen molar-refractivity contribution in [3.05, 3.63) is 64.2 Å². The predicted molar refractivity (Wildman–Crippen MR) is 86.9 cm³/mol. The minimum absolute atomic E-state index is 0.478. The van der Waals surface area contributed by atoms with Crippen LogP contribution >= 0.6 is 11.6 Å². The Hall–Kier alpha value is -1.51. The lowest BCUT2D eigenvalue weighted by Gasteiger charge is -2.11. The molecule has 0 saturated carbocycles. The van der Waals surface area contributed by atoms with Crippen molar-refractivity contribution >= 4 is 11.6 Å². The van der Waals surface area contributed by atoms with Crippen molar-refractivity contribution < 1.29 is 9.84 Å². The van der Waals surface area contributed by atoms with Crippen LogP contribution in [-0.2, 0) is 6.61 Å². The van der Waals surface area contributed by atoms with Gasteiger partial charge in [0.25, 0.3) is 0 Å². The molecule has 2 aromatic carbocycles. The molecule has 2 aromatic rings. The Balaban J connectivity index is 2.02. The SMILES string of the molecule is CC(C)c1ccc(COc2ccc([C@H](C)O)cc2Cl)cc1. The molecule has 0 aromatic heterocycles. The Labute approximate surface area is 131 Å². The molecule has 0 fully saturated rings. The van der Waals surface area contributed by atoms with Crippen LogP contribution < -0.4 is 4.74 Å². The summed E-state index contributed by atoms with van der Waals surface area (Å²) in [5.41, 5.74) is 3.21. The third kappa shape index (κ3) is 4.23. The zero-order chi connectivity index (χ0) is 15.4. The van der Waals surface area contributed by atoms with Gasteiger partial charge in [-0.15, -0.1) is 0 Å². The van der Waals surface area contributed by atoms with Crippen molar-refractivity contribution in [3.63, 3.8) is 0 Å². The van der Waals surface area contributed by atoms with Gasteiger partial charge in [-0.1, -0.05) is 55.8 Å². The molecule has 21 heavy (non-hydrogen) atoms. The van der Waals surface area contributed by atoms with E-state index in [-0.39, 0.29) is 0 Å². The Bertz CT molecular complexity index is 589. The summed E-state index contributed by atoms with van der Waals surface area (Å²) in [4.78, 5) is 0. The Morgan fingerprint density at radius 2 is 1.62 bits per heavy atom. The van der Waals surface area contributed by atoms with Crippen LogP contribution in [0.1, 0.15) is 49.5 Å². The second-order valence-electron chi connectivity index (χ2n) is 5.55. The lowest BCUT2D eigenvalue weighted by molar-refractivity contribution is 0.199. The van der Waals surface area contributed by atoms with Crippen LogP contribution in [-0.4, -0.2) is 5.11 Å². The van der Waals surface area contributed by atoms with Crippen LogP contribution in [0.5, 0.6) is 5.75 Å². The van der Waals surface area contributed by atoms with Crippen LogP contribution in [0, 0.1) is 0 Å². The van der Waals surface area contributed by atoms with E-state index >= 15 is 0 Å². The smallest absolute Gasteiger partial charge is 0.138 e. The van der Waals surface area contributed by atoms with Crippen molar-refractivity contribution in [1.29, 1.82) is 0 Å². The summed E-state index contributed by atoms with van der Waals surface area (Å²) >= 11 is 6.17. The third-order valence-electron chi connectivity index (χ3n) is 3.48. The second-order valence-corrected chi connectivity index (χ2v) is 5.96. The molecule has 0 bridgehead atoms. The zero-order valence-electron chi connectivity index (χ0n) is 12.6. The van der Waals surface area contributed by atoms with Crippen molar-refractivity contribution in [2.75, 3.05) is 0 Å². The molecular weight excluding hydrogens is 284 g/mol. The molecule has 3 heteroatoms. The molecule has 1 N–H and O–H groups in total. The van der Waals surface area contributed by atoms with Gasteiger partial charge in [0.15, 0.2) is 0 Å². The van der Waals surface area contributed by atoms with E-state index < -0.39 is 6.10 Å². The highest BCUT2D eigenvalue weighted by Crippen LogP contribution is 2.28. The first-order valence-corrected chi connectivity index (χ1v) is 7.54.